The Balaban J connectivity index is 1.51. The van der Waals surface area contributed by atoms with E-state index in [0.717, 1.165) is 5.69 Å². The summed E-state index contributed by atoms with van der Waals surface area (Å²) in [6.07, 6.45) is 2.88. The number of aromatic nitrogens is 4. The Kier molecular flexibility index (Phi) is 6.13. The fourth-order valence-electron chi connectivity index (χ4n) is 3.20. The normalized spacial score (nSPS) is 11.0. The van der Waals surface area contributed by atoms with Gasteiger partial charge in [0.05, 0.1) is 22.5 Å². The highest BCUT2D eigenvalue weighted by Gasteiger charge is 2.18. The van der Waals surface area contributed by atoms with E-state index in [1.54, 1.807) is 30.3 Å². The lowest BCUT2D eigenvalue weighted by Crippen LogP contribution is -2.22. The standard InChI is InChI=1S/C23H20ClN5O3/c1-14(2)19-10-17(16-5-3-4-6-18(16)27-19)23(31)32-11-22(30)28-20-9-15(24)7-8-21(20)29-13-25-12-26-29/h3-10,12-14H,11H2,1-2H3,(H,28,30). The first-order valence-corrected chi connectivity index (χ1v) is 10.3. The van der Waals surface area contributed by atoms with Crippen LogP contribution in [-0.2, 0) is 9.53 Å². The van der Waals surface area contributed by atoms with Gasteiger partial charge in [-0.15, -0.1) is 0 Å². The van der Waals surface area contributed by atoms with Gasteiger partial charge in [-0.3, -0.25) is 9.78 Å². The number of ether oxygens (including phenoxy) is 1. The highest BCUT2D eigenvalue weighted by atomic mass is 35.5. The number of fused-ring (bicyclic) bond motifs is 1. The molecular weight excluding hydrogens is 430 g/mol. The van der Waals surface area contributed by atoms with Crippen LogP contribution in [0.1, 0.15) is 35.8 Å². The third-order valence-corrected chi connectivity index (χ3v) is 5.02. The number of benzene rings is 2. The zero-order valence-corrected chi connectivity index (χ0v) is 18.2. The predicted octanol–water partition coefficient (Wildman–Crippen LogP) is 4.39. The molecule has 1 amide bonds. The summed E-state index contributed by atoms with van der Waals surface area (Å²) in [5.41, 5.74) is 2.84. The summed E-state index contributed by atoms with van der Waals surface area (Å²) in [4.78, 5) is 33.9. The highest BCUT2D eigenvalue weighted by Crippen LogP contribution is 2.25. The van der Waals surface area contributed by atoms with Crippen molar-refractivity contribution in [3.8, 4) is 5.69 Å². The first-order valence-electron chi connectivity index (χ1n) is 9.93. The minimum absolute atomic E-state index is 0.132. The van der Waals surface area contributed by atoms with Gasteiger partial charge in [-0.25, -0.2) is 14.5 Å². The van der Waals surface area contributed by atoms with Crippen LogP contribution in [0.5, 0.6) is 0 Å². The Labute approximate surface area is 189 Å². The smallest absolute Gasteiger partial charge is 0.339 e. The molecule has 0 fully saturated rings. The van der Waals surface area contributed by atoms with Gasteiger partial charge in [0.25, 0.3) is 5.91 Å². The molecule has 4 rings (SSSR count). The lowest BCUT2D eigenvalue weighted by atomic mass is 10.0. The molecule has 0 atom stereocenters. The molecule has 4 aromatic rings. The summed E-state index contributed by atoms with van der Waals surface area (Å²) < 4.78 is 6.81. The molecule has 162 valence electrons. The number of nitrogens with zero attached hydrogens (tertiary/aromatic N) is 4. The van der Waals surface area contributed by atoms with E-state index in [9.17, 15) is 9.59 Å². The number of pyridine rings is 1. The second-order valence-corrected chi connectivity index (χ2v) is 7.83. The third-order valence-electron chi connectivity index (χ3n) is 4.78. The Hall–Kier alpha value is -3.78. The summed E-state index contributed by atoms with van der Waals surface area (Å²) in [7, 11) is 0. The van der Waals surface area contributed by atoms with Crippen LogP contribution >= 0.6 is 11.6 Å². The van der Waals surface area contributed by atoms with Crippen LogP contribution in [0.4, 0.5) is 5.69 Å². The van der Waals surface area contributed by atoms with Gasteiger partial charge in [0, 0.05) is 16.1 Å². The van der Waals surface area contributed by atoms with Gasteiger partial charge < -0.3 is 10.1 Å². The maximum Gasteiger partial charge on any atom is 0.339 e. The van der Waals surface area contributed by atoms with Crippen LogP contribution in [0.3, 0.4) is 0 Å². The Morgan fingerprint density at radius 1 is 1.16 bits per heavy atom. The minimum atomic E-state index is -0.594. The lowest BCUT2D eigenvalue weighted by Gasteiger charge is -2.13. The molecule has 0 aliphatic heterocycles. The molecule has 2 heterocycles. The first kappa shape index (κ1) is 21.5. The molecule has 0 bridgehead atoms. The van der Waals surface area contributed by atoms with Crippen molar-refractivity contribution in [2.45, 2.75) is 19.8 Å². The van der Waals surface area contributed by atoms with Crippen molar-refractivity contribution in [2.75, 3.05) is 11.9 Å². The van der Waals surface area contributed by atoms with E-state index in [2.05, 4.69) is 20.4 Å². The number of amides is 1. The number of para-hydroxylation sites is 1. The maximum absolute atomic E-state index is 12.8. The van der Waals surface area contributed by atoms with Crippen LogP contribution in [0.25, 0.3) is 16.6 Å². The molecule has 0 aliphatic rings. The van der Waals surface area contributed by atoms with Crippen LogP contribution in [-0.4, -0.2) is 38.2 Å². The van der Waals surface area contributed by atoms with E-state index in [1.807, 2.05) is 32.0 Å². The Bertz CT molecular complexity index is 1290. The van der Waals surface area contributed by atoms with Crippen molar-refractivity contribution in [2.24, 2.45) is 0 Å². The zero-order valence-electron chi connectivity index (χ0n) is 17.4. The number of halogens is 1. The predicted molar refractivity (Wildman–Crippen MR) is 121 cm³/mol. The van der Waals surface area contributed by atoms with E-state index < -0.39 is 18.5 Å². The fraction of sp³-hybridized carbons (Fsp3) is 0.174. The first-order chi connectivity index (χ1) is 15.4. The summed E-state index contributed by atoms with van der Waals surface area (Å²) in [6, 6.07) is 14.0. The van der Waals surface area contributed by atoms with Gasteiger partial charge in [-0.1, -0.05) is 43.6 Å². The van der Waals surface area contributed by atoms with E-state index >= 15 is 0 Å². The number of carbonyl (C=O) groups is 2. The number of anilines is 1. The molecule has 1 N–H and O–H groups in total. The summed E-state index contributed by atoms with van der Waals surface area (Å²) >= 11 is 6.08. The largest absolute Gasteiger partial charge is 0.452 e. The Morgan fingerprint density at radius 3 is 2.72 bits per heavy atom. The van der Waals surface area contributed by atoms with E-state index in [-0.39, 0.29) is 5.92 Å². The van der Waals surface area contributed by atoms with Crippen LogP contribution in [0.15, 0.2) is 61.2 Å². The van der Waals surface area contributed by atoms with Gasteiger partial charge >= 0.3 is 5.97 Å². The summed E-state index contributed by atoms with van der Waals surface area (Å²) in [5, 5.41) is 7.89. The zero-order chi connectivity index (χ0) is 22.7. The van der Waals surface area contributed by atoms with Crippen molar-refractivity contribution in [1.82, 2.24) is 19.7 Å². The van der Waals surface area contributed by atoms with Crippen molar-refractivity contribution in [3.63, 3.8) is 0 Å². The topological polar surface area (TPSA) is 99.0 Å². The number of esters is 1. The van der Waals surface area contributed by atoms with Crippen LogP contribution in [0.2, 0.25) is 5.02 Å². The van der Waals surface area contributed by atoms with Gasteiger partial charge in [0.2, 0.25) is 0 Å². The highest BCUT2D eigenvalue weighted by molar-refractivity contribution is 6.31. The summed E-state index contributed by atoms with van der Waals surface area (Å²) in [5.74, 6) is -0.972. The van der Waals surface area contributed by atoms with Crippen LogP contribution < -0.4 is 5.32 Å². The van der Waals surface area contributed by atoms with Gasteiger partial charge in [-0.05, 0) is 36.2 Å². The fourth-order valence-corrected chi connectivity index (χ4v) is 3.37. The molecule has 0 unspecified atom stereocenters. The molecule has 2 aromatic carbocycles. The molecule has 2 aromatic heterocycles. The minimum Gasteiger partial charge on any atom is -0.452 e. The number of hydrogen-bond donors (Lipinski definition) is 1. The van der Waals surface area contributed by atoms with Crippen molar-refractivity contribution in [1.29, 1.82) is 0 Å². The number of carbonyl (C=O) groups excluding carboxylic acids is 2. The van der Waals surface area contributed by atoms with Gasteiger partial charge in [-0.2, -0.15) is 5.10 Å². The second-order valence-electron chi connectivity index (χ2n) is 7.39. The van der Waals surface area contributed by atoms with E-state index in [4.69, 9.17) is 16.3 Å². The molecule has 0 spiro atoms. The molecule has 0 radical (unpaired) electrons. The quantitative estimate of drug-likeness (QED) is 0.438. The van der Waals surface area contributed by atoms with E-state index in [0.29, 0.717) is 32.9 Å². The van der Waals surface area contributed by atoms with Gasteiger partial charge in [0.15, 0.2) is 6.61 Å². The monoisotopic (exact) mass is 449 g/mol. The van der Waals surface area contributed by atoms with Crippen molar-refractivity contribution in [3.05, 3.63) is 77.5 Å². The third kappa shape index (κ3) is 4.60. The average Bonchev–Trinajstić information content (AvgIpc) is 3.31. The Morgan fingerprint density at radius 2 is 1.97 bits per heavy atom. The number of nitrogens with one attached hydrogen (secondary N) is 1. The van der Waals surface area contributed by atoms with Gasteiger partial charge in [0.1, 0.15) is 12.7 Å². The molecule has 9 heteroatoms. The maximum atomic E-state index is 12.8. The molecule has 0 aliphatic carbocycles. The molecule has 8 nitrogen and oxygen atoms in total. The van der Waals surface area contributed by atoms with Crippen molar-refractivity contribution >= 4 is 40.1 Å². The number of hydrogen-bond acceptors (Lipinski definition) is 6. The molecule has 32 heavy (non-hydrogen) atoms. The van der Waals surface area contributed by atoms with Crippen molar-refractivity contribution < 1.29 is 14.3 Å². The second kappa shape index (κ2) is 9.15. The van der Waals surface area contributed by atoms with E-state index in [1.165, 1.54) is 17.3 Å². The average molecular weight is 450 g/mol. The SMILES string of the molecule is CC(C)c1cc(C(=O)OCC(=O)Nc2cc(Cl)ccc2-n2cncn2)c2ccccc2n1. The molecular formula is C23H20ClN5O3. The molecule has 0 saturated heterocycles. The number of rotatable bonds is 6. The van der Waals surface area contributed by atoms with Crippen LogP contribution in [0, 0.1) is 0 Å². The summed E-state index contributed by atoms with van der Waals surface area (Å²) in [6.45, 7) is 3.53. The lowest BCUT2D eigenvalue weighted by molar-refractivity contribution is -0.119. The molecule has 0 saturated carbocycles.